The van der Waals surface area contributed by atoms with E-state index in [9.17, 15) is 0 Å². The van der Waals surface area contributed by atoms with E-state index >= 15 is 0 Å². The molecule has 4 heteroatoms. The van der Waals surface area contributed by atoms with Crippen LogP contribution in [0, 0.1) is 0 Å². The second-order valence-corrected chi connectivity index (χ2v) is 3.28. The highest BCUT2D eigenvalue weighted by Gasteiger charge is 2.34. The first-order chi connectivity index (χ1) is 6.36. The zero-order valence-corrected chi connectivity index (χ0v) is 7.38. The van der Waals surface area contributed by atoms with Crippen LogP contribution >= 0.6 is 0 Å². The predicted molar refractivity (Wildman–Crippen MR) is 44.4 cm³/mol. The van der Waals surface area contributed by atoms with E-state index in [0.717, 1.165) is 6.67 Å². The van der Waals surface area contributed by atoms with Crippen molar-refractivity contribution in [2.45, 2.75) is 6.67 Å². The molecule has 0 aromatic carbocycles. The van der Waals surface area contributed by atoms with Gasteiger partial charge in [0.2, 0.25) is 12.4 Å². The Morgan fingerprint density at radius 2 is 2.38 bits per heavy atom. The average Bonchev–Trinajstić information content (AvgIpc) is 2.62. The Kier molecular flexibility index (Phi) is 1.12. The number of rotatable bonds is 0. The maximum atomic E-state index is 4.12. The van der Waals surface area contributed by atoms with Crippen molar-refractivity contribution in [2.75, 3.05) is 0 Å². The zero-order chi connectivity index (χ0) is 8.84. The monoisotopic (exact) mass is 174 g/mol. The highest BCUT2D eigenvalue weighted by atomic mass is 15.3. The molecule has 0 fully saturated rings. The van der Waals surface area contributed by atoms with E-state index in [4.69, 9.17) is 0 Å². The summed E-state index contributed by atoms with van der Waals surface area (Å²) >= 11 is 0. The molecule has 0 bridgehead atoms. The number of hydrogen-bond acceptors (Lipinski definition) is 1. The Morgan fingerprint density at radius 1 is 1.46 bits per heavy atom. The molecule has 4 nitrogen and oxygen atoms in total. The Hall–Kier alpha value is -1.71. The maximum Gasteiger partial charge on any atom is 0.471 e. The summed E-state index contributed by atoms with van der Waals surface area (Å²) in [5.74, 6) is 1.21. The van der Waals surface area contributed by atoms with Crippen LogP contribution in [-0.4, -0.2) is 9.55 Å². The number of nitrogens with zero attached hydrogens (tertiary/aromatic N) is 4. The van der Waals surface area contributed by atoms with Crippen LogP contribution in [0.4, 0.5) is 0 Å². The molecule has 1 aliphatic heterocycles. The van der Waals surface area contributed by atoms with Gasteiger partial charge in [-0.2, -0.15) is 0 Å². The van der Waals surface area contributed by atoms with Crippen molar-refractivity contribution in [3.8, 4) is 11.5 Å². The van der Waals surface area contributed by atoms with Crippen molar-refractivity contribution >= 4 is 0 Å². The number of aryl methyl sites for hydroxylation is 1. The van der Waals surface area contributed by atoms with Crippen LogP contribution in [0.3, 0.4) is 0 Å². The number of imidazole rings is 1. The van der Waals surface area contributed by atoms with Crippen molar-refractivity contribution in [1.29, 1.82) is 0 Å². The maximum absolute atomic E-state index is 4.12. The van der Waals surface area contributed by atoms with E-state index in [2.05, 4.69) is 38.1 Å². The zero-order valence-electron chi connectivity index (χ0n) is 7.38. The van der Waals surface area contributed by atoms with Crippen molar-refractivity contribution in [3.05, 3.63) is 31.0 Å². The second kappa shape index (κ2) is 2.16. The quantitative estimate of drug-likeness (QED) is 0.421. The summed E-state index contributed by atoms with van der Waals surface area (Å²) in [5, 5.41) is 0. The summed E-state index contributed by atoms with van der Waals surface area (Å²) in [6, 6.07) is 2.05. The fourth-order valence-corrected chi connectivity index (χ4v) is 1.84. The summed E-state index contributed by atoms with van der Waals surface area (Å²) < 4.78 is 6.45. The highest BCUT2D eigenvalue weighted by Crippen LogP contribution is 2.14. The number of hydrogen-bond donors (Lipinski definition) is 0. The Balaban J connectivity index is 2.37. The van der Waals surface area contributed by atoms with Gasteiger partial charge in [-0.05, 0) is 0 Å². The lowest BCUT2D eigenvalue weighted by Crippen LogP contribution is -2.45. The smallest absolute Gasteiger partial charge is 0.262 e. The molecule has 0 N–H and O–H groups in total. The fraction of sp³-hybridized carbons (Fsp3) is 0.222. The SMILES string of the molecule is C[n+]1ccc[n+]2c1-c1cncn1C2. The van der Waals surface area contributed by atoms with Crippen LogP contribution in [0.1, 0.15) is 0 Å². The molecule has 64 valence electrons. The van der Waals surface area contributed by atoms with Gasteiger partial charge in [-0.1, -0.05) is 0 Å². The molecule has 0 radical (unpaired) electrons. The molecule has 0 amide bonds. The molecular formula is C9H10N4+2. The molecule has 2 aromatic rings. The Labute approximate surface area is 75.7 Å². The number of fused-ring (bicyclic) bond motifs is 3. The minimum Gasteiger partial charge on any atom is -0.262 e. The average molecular weight is 174 g/mol. The molecule has 0 aliphatic carbocycles. The van der Waals surface area contributed by atoms with Gasteiger partial charge in [-0.25, -0.2) is 4.98 Å². The topological polar surface area (TPSA) is 25.6 Å². The van der Waals surface area contributed by atoms with Gasteiger partial charge in [0.15, 0.2) is 12.4 Å². The van der Waals surface area contributed by atoms with Gasteiger partial charge in [-0.3, -0.25) is 4.57 Å². The van der Waals surface area contributed by atoms with E-state index in [1.807, 2.05) is 18.6 Å². The van der Waals surface area contributed by atoms with Gasteiger partial charge in [0.1, 0.15) is 13.4 Å². The lowest BCUT2D eigenvalue weighted by Gasteiger charge is -1.88. The van der Waals surface area contributed by atoms with Crippen LogP contribution in [0.25, 0.3) is 11.5 Å². The third kappa shape index (κ3) is 0.771. The van der Waals surface area contributed by atoms with Gasteiger partial charge >= 0.3 is 5.82 Å². The van der Waals surface area contributed by atoms with Crippen LogP contribution in [0.5, 0.6) is 0 Å². The van der Waals surface area contributed by atoms with E-state index in [1.54, 1.807) is 0 Å². The standard InChI is InChI=1S/C9H10N4/c1-11-3-2-4-12-7-13-6-10-5-8(13)9(11)12/h2-6H,7H2,1H3/q+2. The van der Waals surface area contributed by atoms with E-state index in [-0.39, 0.29) is 0 Å². The van der Waals surface area contributed by atoms with E-state index in [1.165, 1.54) is 11.5 Å². The third-order valence-corrected chi connectivity index (χ3v) is 2.43. The van der Waals surface area contributed by atoms with Crippen LogP contribution in [-0.2, 0) is 13.7 Å². The predicted octanol–water partition coefficient (Wildman–Crippen LogP) is -0.519. The first-order valence-electron chi connectivity index (χ1n) is 4.25. The van der Waals surface area contributed by atoms with Gasteiger partial charge in [0.25, 0.3) is 0 Å². The highest BCUT2D eigenvalue weighted by molar-refractivity contribution is 5.42. The molecule has 3 rings (SSSR count). The first kappa shape index (κ1) is 6.77. The Bertz CT molecular complexity index is 472. The van der Waals surface area contributed by atoms with Crippen molar-refractivity contribution in [2.24, 2.45) is 7.05 Å². The van der Waals surface area contributed by atoms with Crippen LogP contribution < -0.4 is 9.13 Å². The largest absolute Gasteiger partial charge is 0.471 e. The van der Waals surface area contributed by atoms with Crippen molar-refractivity contribution < 1.29 is 9.13 Å². The lowest BCUT2D eigenvalue weighted by molar-refractivity contribution is -0.792. The molecule has 0 saturated heterocycles. The fourth-order valence-electron chi connectivity index (χ4n) is 1.84. The molecule has 0 saturated carbocycles. The van der Waals surface area contributed by atoms with Gasteiger partial charge in [-0.15, -0.1) is 9.13 Å². The first-order valence-corrected chi connectivity index (χ1v) is 4.25. The van der Waals surface area contributed by atoms with E-state index < -0.39 is 0 Å². The minimum absolute atomic E-state index is 0.874. The molecule has 1 aliphatic rings. The molecule has 13 heavy (non-hydrogen) atoms. The van der Waals surface area contributed by atoms with Gasteiger partial charge in [0.05, 0.1) is 12.3 Å². The second-order valence-electron chi connectivity index (χ2n) is 3.28. The molecule has 0 spiro atoms. The lowest BCUT2D eigenvalue weighted by atomic mass is 10.4. The minimum atomic E-state index is 0.874. The third-order valence-electron chi connectivity index (χ3n) is 2.43. The van der Waals surface area contributed by atoms with Crippen LogP contribution in [0.2, 0.25) is 0 Å². The molecule has 2 aromatic heterocycles. The summed E-state index contributed by atoms with van der Waals surface area (Å²) in [4.78, 5) is 4.12. The van der Waals surface area contributed by atoms with Crippen molar-refractivity contribution in [1.82, 2.24) is 9.55 Å². The van der Waals surface area contributed by atoms with Gasteiger partial charge < -0.3 is 0 Å². The van der Waals surface area contributed by atoms with Gasteiger partial charge in [0, 0.05) is 0 Å². The summed E-state index contributed by atoms with van der Waals surface area (Å²) in [6.45, 7) is 0.874. The van der Waals surface area contributed by atoms with Crippen molar-refractivity contribution in [3.63, 3.8) is 0 Å². The summed E-state index contributed by atoms with van der Waals surface area (Å²) in [6.07, 6.45) is 7.90. The van der Waals surface area contributed by atoms with Crippen LogP contribution in [0.15, 0.2) is 31.0 Å². The summed E-state index contributed by atoms with van der Waals surface area (Å²) in [7, 11) is 2.05. The summed E-state index contributed by atoms with van der Waals surface area (Å²) in [5.41, 5.74) is 1.18. The molecule has 0 atom stereocenters. The number of aromatic nitrogens is 4. The Morgan fingerprint density at radius 3 is 3.31 bits per heavy atom. The molecule has 3 heterocycles. The molecule has 0 unspecified atom stereocenters. The van der Waals surface area contributed by atoms with E-state index in [0.29, 0.717) is 0 Å². The molecular weight excluding hydrogens is 164 g/mol. The normalized spacial score (nSPS) is 12.7.